The topological polar surface area (TPSA) is 35.6 Å². The summed E-state index contributed by atoms with van der Waals surface area (Å²) in [5.41, 5.74) is 2.45. The number of hydrogen-bond donors (Lipinski definition) is 1. The minimum absolute atomic E-state index is 0.0692. The standard InChI is InChI=1S/C19H23F2N3O/c1-23(2)12-15-6-4-14(5-7-15)11-22-19(25)24(3)13-16-8-9-17(20)10-18(16)21/h4-10H,11-13H2,1-3H3,(H,22,25). The van der Waals surface area contributed by atoms with Gasteiger partial charge in [-0.05, 0) is 31.3 Å². The molecule has 4 nitrogen and oxygen atoms in total. The van der Waals surface area contributed by atoms with Gasteiger partial charge in [0.05, 0.1) is 0 Å². The number of rotatable bonds is 6. The summed E-state index contributed by atoms with van der Waals surface area (Å²) >= 11 is 0. The lowest BCUT2D eigenvalue weighted by Gasteiger charge is -2.18. The lowest BCUT2D eigenvalue weighted by Crippen LogP contribution is -2.36. The van der Waals surface area contributed by atoms with Gasteiger partial charge >= 0.3 is 6.03 Å². The van der Waals surface area contributed by atoms with Crippen LogP contribution in [0.2, 0.25) is 0 Å². The molecular weight excluding hydrogens is 324 g/mol. The van der Waals surface area contributed by atoms with E-state index in [1.54, 1.807) is 7.05 Å². The summed E-state index contributed by atoms with van der Waals surface area (Å²) in [5, 5.41) is 2.79. The van der Waals surface area contributed by atoms with Crippen LogP contribution in [0, 0.1) is 11.6 Å². The van der Waals surface area contributed by atoms with Crippen molar-refractivity contribution in [1.29, 1.82) is 0 Å². The molecule has 0 unspecified atom stereocenters. The Morgan fingerprint density at radius 3 is 2.20 bits per heavy atom. The highest BCUT2D eigenvalue weighted by molar-refractivity contribution is 5.73. The number of carbonyl (C=O) groups excluding carboxylic acids is 1. The summed E-state index contributed by atoms with van der Waals surface area (Å²) in [6.07, 6.45) is 0. The zero-order valence-corrected chi connectivity index (χ0v) is 14.7. The average molecular weight is 347 g/mol. The molecule has 25 heavy (non-hydrogen) atoms. The van der Waals surface area contributed by atoms with Gasteiger partial charge in [0.2, 0.25) is 0 Å². The van der Waals surface area contributed by atoms with E-state index < -0.39 is 11.6 Å². The molecule has 6 heteroatoms. The van der Waals surface area contributed by atoms with E-state index in [0.717, 1.165) is 18.2 Å². The first-order valence-electron chi connectivity index (χ1n) is 8.00. The quantitative estimate of drug-likeness (QED) is 0.870. The van der Waals surface area contributed by atoms with Gasteiger partial charge in [-0.15, -0.1) is 0 Å². The first-order chi connectivity index (χ1) is 11.8. The molecule has 0 aliphatic heterocycles. The molecule has 0 aliphatic carbocycles. The molecule has 0 saturated heterocycles. The smallest absolute Gasteiger partial charge is 0.317 e. The average Bonchev–Trinajstić information content (AvgIpc) is 2.56. The van der Waals surface area contributed by atoms with Crippen molar-refractivity contribution in [3.8, 4) is 0 Å². The summed E-state index contributed by atoms with van der Waals surface area (Å²) in [5.74, 6) is -1.29. The number of urea groups is 1. The fourth-order valence-electron chi connectivity index (χ4n) is 2.42. The zero-order chi connectivity index (χ0) is 18.4. The van der Waals surface area contributed by atoms with Gasteiger partial charge in [0, 0.05) is 38.3 Å². The third kappa shape index (κ3) is 5.83. The van der Waals surface area contributed by atoms with Crippen molar-refractivity contribution in [2.45, 2.75) is 19.6 Å². The van der Waals surface area contributed by atoms with E-state index in [1.165, 1.54) is 22.6 Å². The van der Waals surface area contributed by atoms with E-state index in [-0.39, 0.29) is 18.1 Å². The Morgan fingerprint density at radius 1 is 0.960 bits per heavy atom. The van der Waals surface area contributed by atoms with Crippen molar-refractivity contribution in [3.63, 3.8) is 0 Å². The first kappa shape index (κ1) is 18.9. The Hall–Kier alpha value is -2.47. The molecule has 0 aliphatic rings. The van der Waals surface area contributed by atoms with E-state index in [2.05, 4.69) is 10.2 Å². The highest BCUT2D eigenvalue weighted by Crippen LogP contribution is 2.12. The van der Waals surface area contributed by atoms with Gasteiger partial charge in [0.15, 0.2) is 0 Å². The maximum Gasteiger partial charge on any atom is 0.317 e. The van der Waals surface area contributed by atoms with Gasteiger partial charge in [-0.25, -0.2) is 13.6 Å². The summed E-state index contributed by atoms with van der Waals surface area (Å²) in [6, 6.07) is 11.0. The number of amides is 2. The van der Waals surface area contributed by atoms with Crippen molar-refractivity contribution in [1.82, 2.24) is 15.1 Å². The van der Waals surface area contributed by atoms with Crippen molar-refractivity contribution in [2.75, 3.05) is 21.1 Å². The van der Waals surface area contributed by atoms with Crippen LogP contribution >= 0.6 is 0 Å². The molecule has 0 saturated carbocycles. The van der Waals surface area contributed by atoms with Crippen LogP contribution in [0.3, 0.4) is 0 Å². The van der Waals surface area contributed by atoms with Crippen molar-refractivity contribution < 1.29 is 13.6 Å². The van der Waals surface area contributed by atoms with Crippen LogP contribution in [-0.2, 0) is 19.6 Å². The van der Waals surface area contributed by atoms with E-state index in [1.807, 2.05) is 38.4 Å². The molecule has 2 rings (SSSR count). The molecule has 2 aromatic rings. The molecular formula is C19H23F2N3O. The van der Waals surface area contributed by atoms with Gasteiger partial charge in [0.25, 0.3) is 0 Å². The van der Waals surface area contributed by atoms with Crippen LogP contribution in [0.4, 0.5) is 13.6 Å². The van der Waals surface area contributed by atoms with Crippen LogP contribution in [0.5, 0.6) is 0 Å². The Bertz CT molecular complexity index is 717. The normalized spacial score (nSPS) is 10.8. The van der Waals surface area contributed by atoms with Gasteiger partial charge in [-0.3, -0.25) is 0 Å². The number of nitrogens with one attached hydrogen (secondary N) is 1. The highest BCUT2D eigenvalue weighted by Gasteiger charge is 2.12. The molecule has 0 atom stereocenters. The van der Waals surface area contributed by atoms with Crippen LogP contribution in [0.1, 0.15) is 16.7 Å². The fourth-order valence-corrected chi connectivity index (χ4v) is 2.42. The number of carbonyl (C=O) groups is 1. The molecule has 2 amide bonds. The number of benzene rings is 2. The Morgan fingerprint density at radius 2 is 1.60 bits per heavy atom. The molecule has 0 spiro atoms. The lowest BCUT2D eigenvalue weighted by molar-refractivity contribution is 0.206. The molecule has 0 radical (unpaired) electrons. The van der Waals surface area contributed by atoms with E-state index in [4.69, 9.17) is 0 Å². The van der Waals surface area contributed by atoms with Crippen LogP contribution < -0.4 is 5.32 Å². The molecule has 0 fully saturated rings. The molecule has 2 aromatic carbocycles. The molecule has 134 valence electrons. The van der Waals surface area contributed by atoms with Crippen molar-refractivity contribution >= 4 is 6.03 Å². The number of halogens is 2. The first-order valence-corrected chi connectivity index (χ1v) is 8.00. The Labute approximate surface area is 147 Å². The second-order valence-corrected chi connectivity index (χ2v) is 6.30. The van der Waals surface area contributed by atoms with Crippen LogP contribution in [-0.4, -0.2) is 37.0 Å². The molecule has 0 bridgehead atoms. The van der Waals surface area contributed by atoms with E-state index in [9.17, 15) is 13.6 Å². The number of nitrogens with zero attached hydrogens (tertiary/aromatic N) is 2. The SMILES string of the molecule is CN(C)Cc1ccc(CNC(=O)N(C)Cc2ccc(F)cc2F)cc1. The predicted molar refractivity (Wildman–Crippen MR) is 93.9 cm³/mol. The molecule has 0 aromatic heterocycles. The summed E-state index contributed by atoms with van der Waals surface area (Å²) in [7, 11) is 5.58. The summed E-state index contributed by atoms with van der Waals surface area (Å²) in [6.45, 7) is 1.32. The fraction of sp³-hybridized carbons (Fsp3) is 0.316. The van der Waals surface area contributed by atoms with Crippen molar-refractivity contribution in [2.24, 2.45) is 0 Å². The monoisotopic (exact) mass is 347 g/mol. The molecule has 1 N–H and O–H groups in total. The van der Waals surface area contributed by atoms with Crippen molar-refractivity contribution in [3.05, 3.63) is 70.8 Å². The Balaban J connectivity index is 1.86. The van der Waals surface area contributed by atoms with Gasteiger partial charge in [-0.1, -0.05) is 30.3 Å². The second-order valence-electron chi connectivity index (χ2n) is 6.30. The Kier molecular flexibility index (Phi) is 6.47. The largest absolute Gasteiger partial charge is 0.334 e. The van der Waals surface area contributed by atoms with Gasteiger partial charge < -0.3 is 15.1 Å². The van der Waals surface area contributed by atoms with Gasteiger partial charge in [0.1, 0.15) is 11.6 Å². The third-order valence-electron chi connectivity index (χ3n) is 3.73. The maximum absolute atomic E-state index is 13.7. The van der Waals surface area contributed by atoms with E-state index >= 15 is 0 Å². The lowest BCUT2D eigenvalue weighted by atomic mass is 10.1. The highest BCUT2D eigenvalue weighted by atomic mass is 19.1. The van der Waals surface area contributed by atoms with Crippen LogP contribution in [0.25, 0.3) is 0 Å². The summed E-state index contributed by atoms with van der Waals surface area (Å²) < 4.78 is 26.6. The maximum atomic E-state index is 13.7. The van der Waals surface area contributed by atoms with Gasteiger partial charge in [-0.2, -0.15) is 0 Å². The number of hydrogen-bond acceptors (Lipinski definition) is 2. The summed E-state index contributed by atoms with van der Waals surface area (Å²) in [4.78, 5) is 15.6. The second kappa shape index (κ2) is 8.58. The molecule has 0 heterocycles. The predicted octanol–water partition coefficient (Wildman–Crippen LogP) is 3.37. The van der Waals surface area contributed by atoms with Crippen LogP contribution in [0.15, 0.2) is 42.5 Å². The van der Waals surface area contributed by atoms with E-state index in [0.29, 0.717) is 6.54 Å². The minimum Gasteiger partial charge on any atom is -0.334 e. The minimum atomic E-state index is -0.656. The third-order valence-corrected chi connectivity index (χ3v) is 3.73. The zero-order valence-electron chi connectivity index (χ0n) is 14.7.